The molecule has 0 spiro atoms. The Morgan fingerprint density at radius 2 is 1.39 bits per heavy atom. The SMILES string of the molecule is O=C(NCCCc1ccccc1)c1cc(NCCCc2ccccc2)ccn1. The van der Waals surface area contributed by atoms with E-state index in [1.54, 1.807) is 6.20 Å². The predicted octanol–water partition coefficient (Wildman–Crippen LogP) is 4.49. The van der Waals surface area contributed by atoms with Gasteiger partial charge in [0.15, 0.2) is 0 Å². The van der Waals surface area contributed by atoms with Gasteiger partial charge < -0.3 is 10.6 Å². The van der Waals surface area contributed by atoms with Gasteiger partial charge in [-0.3, -0.25) is 9.78 Å². The number of aromatic nitrogens is 1. The van der Waals surface area contributed by atoms with Crippen LogP contribution in [-0.4, -0.2) is 24.0 Å². The van der Waals surface area contributed by atoms with Crippen LogP contribution >= 0.6 is 0 Å². The van der Waals surface area contributed by atoms with Gasteiger partial charge in [-0.15, -0.1) is 0 Å². The molecular formula is C24H27N3O. The molecule has 0 radical (unpaired) electrons. The maximum absolute atomic E-state index is 12.3. The lowest BCUT2D eigenvalue weighted by molar-refractivity contribution is 0.0948. The molecule has 4 heteroatoms. The first kappa shape index (κ1) is 19.6. The summed E-state index contributed by atoms with van der Waals surface area (Å²) in [6.07, 6.45) is 5.62. The van der Waals surface area contributed by atoms with Gasteiger partial charge in [0, 0.05) is 25.0 Å². The number of aryl methyl sites for hydroxylation is 2. The summed E-state index contributed by atoms with van der Waals surface area (Å²) in [7, 11) is 0. The first-order valence-corrected chi connectivity index (χ1v) is 9.87. The summed E-state index contributed by atoms with van der Waals surface area (Å²) in [5, 5.41) is 6.33. The molecule has 1 amide bonds. The highest BCUT2D eigenvalue weighted by Gasteiger charge is 2.07. The Bertz CT molecular complexity index is 850. The highest BCUT2D eigenvalue weighted by Crippen LogP contribution is 2.09. The van der Waals surface area contributed by atoms with Crippen molar-refractivity contribution in [2.75, 3.05) is 18.4 Å². The van der Waals surface area contributed by atoms with E-state index in [0.717, 1.165) is 37.9 Å². The number of nitrogens with zero attached hydrogens (tertiary/aromatic N) is 1. The molecular weight excluding hydrogens is 346 g/mol. The molecule has 0 aliphatic carbocycles. The largest absolute Gasteiger partial charge is 0.385 e. The number of hydrogen-bond donors (Lipinski definition) is 2. The van der Waals surface area contributed by atoms with Crippen LogP contribution in [0.4, 0.5) is 5.69 Å². The molecule has 1 aromatic heterocycles. The molecule has 2 aromatic carbocycles. The van der Waals surface area contributed by atoms with Gasteiger partial charge in [-0.25, -0.2) is 0 Å². The predicted molar refractivity (Wildman–Crippen MR) is 115 cm³/mol. The Labute approximate surface area is 167 Å². The van der Waals surface area contributed by atoms with Gasteiger partial charge in [0.05, 0.1) is 0 Å². The summed E-state index contributed by atoms with van der Waals surface area (Å²) >= 11 is 0. The second-order valence-corrected chi connectivity index (χ2v) is 6.79. The smallest absolute Gasteiger partial charge is 0.269 e. The summed E-state index contributed by atoms with van der Waals surface area (Å²) in [6.45, 7) is 1.50. The van der Waals surface area contributed by atoms with Crippen molar-refractivity contribution in [1.82, 2.24) is 10.3 Å². The molecule has 4 nitrogen and oxygen atoms in total. The highest BCUT2D eigenvalue weighted by molar-refractivity contribution is 5.93. The summed E-state index contributed by atoms with van der Waals surface area (Å²) in [6, 6.07) is 24.5. The Kier molecular flexibility index (Phi) is 7.62. The van der Waals surface area contributed by atoms with Crippen LogP contribution in [0.1, 0.15) is 34.5 Å². The van der Waals surface area contributed by atoms with Gasteiger partial charge in [0.25, 0.3) is 5.91 Å². The number of carbonyl (C=O) groups excluding carboxylic acids is 1. The zero-order chi connectivity index (χ0) is 19.4. The molecule has 0 atom stereocenters. The van der Waals surface area contributed by atoms with Crippen molar-refractivity contribution in [1.29, 1.82) is 0 Å². The van der Waals surface area contributed by atoms with Crippen molar-refractivity contribution in [2.45, 2.75) is 25.7 Å². The number of anilines is 1. The van der Waals surface area contributed by atoms with Crippen molar-refractivity contribution < 1.29 is 4.79 Å². The fourth-order valence-electron chi connectivity index (χ4n) is 3.06. The molecule has 3 rings (SSSR count). The quantitative estimate of drug-likeness (QED) is 0.515. The number of pyridine rings is 1. The van der Waals surface area contributed by atoms with Crippen LogP contribution in [0.5, 0.6) is 0 Å². The first-order chi connectivity index (χ1) is 13.8. The fraction of sp³-hybridized carbons (Fsp3) is 0.250. The second kappa shape index (κ2) is 10.9. The first-order valence-electron chi connectivity index (χ1n) is 9.87. The molecule has 0 saturated heterocycles. The minimum Gasteiger partial charge on any atom is -0.385 e. The third-order valence-electron chi connectivity index (χ3n) is 4.58. The molecule has 0 aliphatic heterocycles. The number of rotatable bonds is 10. The second-order valence-electron chi connectivity index (χ2n) is 6.79. The van der Waals surface area contributed by atoms with Crippen LogP contribution in [0.2, 0.25) is 0 Å². The lowest BCUT2D eigenvalue weighted by Gasteiger charge is -2.09. The number of nitrogens with one attached hydrogen (secondary N) is 2. The standard InChI is InChI=1S/C24H27N3O/c28-24(27-17-8-14-21-11-5-2-6-12-21)23-19-22(15-18-26-23)25-16-7-13-20-9-3-1-4-10-20/h1-6,9-12,15,18-19H,7-8,13-14,16-17H2,(H,25,26)(H,27,28). The van der Waals surface area contributed by atoms with Crippen LogP contribution in [0.3, 0.4) is 0 Å². The zero-order valence-corrected chi connectivity index (χ0v) is 16.1. The van der Waals surface area contributed by atoms with Crippen molar-refractivity contribution in [3.63, 3.8) is 0 Å². The number of carbonyl (C=O) groups is 1. The van der Waals surface area contributed by atoms with E-state index in [2.05, 4.69) is 52.0 Å². The molecule has 0 saturated carbocycles. The van der Waals surface area contributed by atoms with Crippen LogP contribution in [0.25, 0.3) is 0 Å². The summed E-state index contributed by atoms with van der Waals surface area (Å²) in [5.41, 5.74) is 4.01. The third-order valence-corrected chi connectivity index (χ3v) is 4.58. The average molecular weight is 374 g/mol. The monoisotopic (exact) mass is 373 g/mol. The van der Waals surface area contributed by atoms with Crippen molar-refractivity contribution in [2.24, 2.45) is 0 Å². The average Bonchev–Trinajstić information content (AvgIpc) is 2.76. The van der Waals surface area contributed by atoms with Crippen LogP contribution in [-0.2, 0) is 12.8 Å². The Balaban J connectivity index is 1.38. The third kappa shape index (κ3) is 6.54. The van der Waals surface area contributed by atoms with Crippen molar-refractivity contribution >= 4 is 11.6 Å². The van der Waals surface area contributed by atoms with Crippen molar-refractivity contribution in [3.05, 3.63) is 95.8 Å². The summed E-state index contributed by atoms with van der Waals surface area (Å²) < 4.78 is 0. The lowest BCUT2D eigenvalue weighted by atomic mass is 10.1. The molecule has 0 bridgehead atoms. The van der Waals surface area contributed by atoms with Gasteiger partial charge >= 0.3 is 0 Å². The molecule has 28 heavy (non-hydrogen) atoms. The van der Waals surface area contributed by atoms with Crippen LogP contribution in [0.15, 0.2) is 79.0 Å². The van der Waals surface area contributed by atoms with Gasteiger partial charge in [0.2, 0.25) is 0 Å². The Morgan fingerprint density at radius 3 is 2.04 bits per heavy atom. The van der Waals surface area contributed by atoms with Crippen LogP contribution < -0.4 is 10.6 Å². The Hall–Kier alpha value is -3.14. The van der Waals surface area contributed by atoms with E-state index in [9.17, 15) is 4.79 Å². The van der Waals surface area contributed by atoms with E-state index in [1.807, 2.05) is 36.4 Å². The molecule has 1 heterocycles. The van der Waals surface area contributed by atoms with E-state index in [0.29, 0.717) is 12.2 Å². The van der Waals surface area contributed by atoms with E-state index >= 15 is 0 Å². The maximum Gasteiger partial charge on any atom is 0.269 e. The summed E-state index contributed by atoms with van der Waals surface area (Å²) in [4.78, 5) is 16.5. The maximum atomic E-state index is 12.3. The highest BCUT2D eigenvalue weighted by atomic mass is 16.1. The molecule has 0 unspecified atom stereocenters. The molecule has 144 valence electrons. The fourth-order valence-corrected chi connectivity index (χ4v) is 3.06. The molecule has 0 aliphatic rings. The number of amides is 1. The zero-order valence-electron chi connectivity index (χ0n) is 16.1. The van der Waals surface area contributed by atoms with Crippen molar-refractivity contribution in [3.8, 4) is 0 Å². The van der Waals surface area contributed by atoms with E-state index < -0.39 is 0 Å². The Morgan fingerprint density at radius 1 is 0.786 bits per heavy atom. The topological polar surface area (TPSA) is 54.0 Å². The minimum absolute atomic E-state index is 0.124. The van der Waals surface area contributed by atoms with Gasteiger partial charge in [-0.2, -0.15) is 0 Å². The van der Waals surface area contributed by atoms with Gasteiger partial charge in [-0.05, 0) is 48.9 Å². The normalized spacial score (nSPS) is 10.4. The molecule has 0 fully saturated rings. The van der Waals surface area contributed by atoms with Crippen LogP contribution in [0, 0.1) is 0 Å². The lowest BCUT2D eigenvalue weighted by Crippen LogP contribution is -2.25. The van der Waals surface area contributed by atoms with Gasteiger partial charge in [-0.1, -0.05) is 60.7 Å². The van der Waals surface area contributed by atoms with E-state index in [4.69, 9.17) is 0 Å². The van der Waals surface area contributed by atoms with Gasteiger partial charge in [0.1, 0.15) is 5.69 Å². The van der Waals surface area contributed by atoms with E-state index in [-0.39, 0.29) is 5.91 Å². The molecule has 2 N–H and O–H groups in total. The number of benzene rings is 2. The summed E-state index contributed by atoms with van der Waals surface area (Å²) in [5.74, 6) is -0.124. The van der Waals surface area contributed by atoms with E-state index in [1.165, 1.54) is 11.1 Å². The number of hydrogen-bond acceptors (Lipinski definition) is 3. The minimum atomic E-state index is -0.124. The molecule has 3 aromatic rings.